The highest BCUT2D eigenvalue weighted by atomic mass is 16.6. The largest absolute Gasteiger partial charge is 0.444 e. The van der Waals surface area contributed by atoms with Crippen molar-refractivity contribution in [2.45, 2.75) is 76.7 Å². The van der Waals surface area contributed by atoms with E-state index in [1.807, 2.05) is 44.7 Å². The monoisotopic (exact) mass is 318 g/mol. The van der Waals surface area contributed by atoms with Gasteiger partial charge in [-0.25, -0.2) is 4.79 Å². The van der Waals surface area contributed by atoms with Crippen molar-refractivity contribution in [2.75, 3.05) is 0 Å². The smallest absolute Gasteiger partial charge is 0.410 e. The van der Waals surface area contributed by atoms with Crippen LogP contribution in [0.3, 0.4) is 0 Å². The van der Waals surface area contributed by atoms with Crippen molar-refractivity contribution in [1.82, 2.24) is 9.88 Å². The number of aryl methyl sites for hydroxylation is 1. The Balaban J connectivity index is 1.82. The molecule has 2 aliphatic rings. The van der Waals surface area contributed by atoms with E-state index in [9.17, 15) is 9.90 Å². The Morgan fingerprint density at radius 3 is 2.48 bits per heavy atom. The summed E-state index contributed by atoms with van der Waals surface area (Å²) in [5.74, 6) is 0. The van der Waals surface area contributed by atoms with Gasteiger partial charge in [0.25, 0.3) is 0 Å². The minimum absolute atomic E-state index is 0.0354. The standard InChI is InChI=1S/C18H26N2O3/c1-12-15(6-5-9-19-12)18(22)10-13-7-8-14(11-18)20(13)16(21)23-17(2,3)4/h5-6,9,13-14,22H,7-8,10-11H2,1-4H3. The quantitative estimate of drug-likeness (QED) is 0.864. The van der Waals surface area contributed by atoms with Gasteiger partial charge in [0, 0.05) is 42.4 Å². The number of pyridine rings is 1. The Kier molecular flexibility index (Phi) is 3.87. The number of amides is 1. The minimum Gasteiger partial charge on any atom is -0.444 e. The molecular weight excluding hydrogens is 292 g/mol. The van der Waals surface area contributed by atoms with Gasteiger partial charge in [-0.2, -0.15) is 0 Å². The predicted octanol–water partition coefficient (Wildman–Crippen LogP) is 3.14. The van der Waals surface area contributed by atoms with E-state index in [1.54, 1.807) is 6.20 Å². The van der Waals surface area contributed by atoms with Crippen LogP contribution in [0.4, 0.5) is 4.79 Å². The number of aliphatic hydroxyl groups is 1. The Morgan fingerprint density at radius 1 is 1.35 bits per heavy atom. The van der Waals surface area contributed by atoms with Gasteiger partial charge < -0.3 is 14.7 Å². The lowest BCUT2D eigenvalue weighted by atomic mass is 9.80. The van der Waals surface area contributed by atoms with Crippen LogP contribution in [0.1, 0.15) is 57.7 Å². The van der Waals surface area contributed by atoms with Crippen LogP contribution in [0.15, 0.2) is 18.3 Å². The zero-order valence-corrected chi connectivity index (χ0v) is 14.4. The van der Waals surface area contributed by atoms with Crippen LogP contribution in [0.25, 0.3) is 0 Å². The van der Waals surface area contributed by atoms with E-state index in [0.29, 0.717) is 12.8 Å². The molecule has 3 heterocycles. The molecule has 5 heteroatoms. The van der Waals surface area contributed by atoms with Crippen molar-refractivity contribution in [3.8, 4) is 0 Å². The number of piperidine rings is 1. The summed E-state index contributed by atoms with van der Waals surface area (Å²) >= 11 is 0. The maximum Gasteiger partial charge on any atom is 0.410 e. The second-order valence-electron chi connectivity index (χ2n) is 7.85. The molecule has 1 amide bonds. The second kappa shape index (κ2) is 5.48. The highest BCUT2D eigenvalue weighted by molar-refractivity contribution is 5.69. The first kappa shape index (κ1) is 16.2. The van der Waals surface area contributed by atoms with Crippen molar-refractivity contribution < 1.29 is 14.6 Å². The average molecular weight is 318 g/mol. The normalized spacial score (nSPS) is 30.4. The van der Waals surface area contributed by atoms with Crippen molar-refractivity contribution in [2.24, 2.45) is 0 Å². The fourth-order valence-corrected chi connectivity index (χ4v) is 4.03. The highest BCUT2D eigenvalue weighted by Gasteiger charge is 2.51. The Hall–Kier alpha value is -1.62. The lowest BCUT2D eigenvalue weighted by molar-refractivity contribution is -0.0629. The molecular formula is C18H26N2O3. The highest BCUT2D eigenvalue weighted by Crippen LogP contribution is 2.46. The van der Waals surface area contributed by atoms with Gasteiger partial charge in [0.1, 0.15) is 5.60 Å². The molecule has 23 heavy (non-hydrogen) atoms. The van der Waals surface area contributed by atoms with Crippen molar-refractivity contribution >= 4 is 6.09 Å². The van der Waals surface area contributed by atoms with E-state index in [2.05, 4.69) is 4.98 Å². The number of hydrogen-bond donors (Lipinski definition) is 1. The molecule has 0 aromatic carbocycles. The Labute approximate surface area is 137 Å². The molecule has 5 nitrogen and oxygen atoms in total. The third-order valence-electron chi connectivity index (χ3n) is 4.88. The molecule has 2 atom stereocenters. The Morgan fingerprint density at radius 2 is 1.96 bits per heavy atom. The van der Waals surface area contributed by atoms with E-state index in [4.69, 9.17) is 4.74 Å². The first-order valence-corrected chi connectivity index (χ1v) is 8.35. The third kappa shape index (κ3) is 3.07. The molecule has 1 aromatic rings. The maximum absolute atomic E-state index is 12.5. The molecule has 126 valence electrons. The lowest BCUT2D eigenvalue weighted by Crippen LogP contribution is -2.53. The number of ether oxygens (including phenoxy) is 1. The van der Waals surface area contributed by atoms with E-state index < -0.39 is 11.2 Å². The van der Waals surface area contributed by atoms with Gasteiger partial charge >= 0.3 is 6.09 Å². The molecule has 2 unspecified atom stereocenters. The Bertz CT molecular complexity index is 595. The summed E-state index contributed by atoms with van der Waals surface area (Å²) in [6.45, 7) is 7.57. The second-order valence-corrected chi connectivity index (χ2v) is 7.85. The van der Waals surface area contributed by atoms with Crippen LogP contribution < -0.4 is 0 Å². The summed E-state index contributed by atoms with van der Waals surface area (Å²) in [7, 11) is 0. The topological polar surface area (TPSA) is 62.7 Å². The summed E-state index contributed by atoms with van der Waals surface area (Å²) in [5, 5.41) is 11.2. The molecule has 0 radical (unpaired) electrons. The molecule has 2 fully saturated rings. The van der Waals surface area contributed by atoms with Gasteiger partial charge in [0.05, 0.1) is 5.60 Å². The lowest BCUT2D eigenvalue weighted by Gasteiger charge is -2.44. The number of nitrogens with zero attached hydrogens (tertiary/aromatic N) is 2. The molecule has 0 aliphatic carbocycles. The van der Waals surface area contributed by atoms with Crippen LogP contribution in [0.5, 0.6) is 0 Å². The van der Waals surface area contributed by atoms with Crippen LogP contribution >= 0.6 is 0 Å². The fraction of sp³-hybridized carbons (Fsp3) is 0.667. The van der Waals surface area contributed by atoms with Crippen LogP contribution in [-0.2, 0) is 10.3 Å². The molecule has 0 spiro atoms. The molecule has 2 aliphatic heterocycles. The van der Waals surface area contributed by atoms with Crippen LogP contribution in [0, 0.1) is 6.92 Å². The predicted molar refractivity (Wildman–Crippen MR) is 87.0 cm³/mol. The maximum atomic E-state index is 12.5. The zero-order chi connectivity index (χ0) is 16.8. The van der Waals surface area contributed by atoms with E-state index in [0.717, 1.165) is 24.1 Å². The van der Waals surface area contributed by atoms with E-state index >= 15 is 0 Å². The molecule has 2 saturated heterocycles. The molecule has 2 bridgehead atoms. The van der Waals surface area contributed by atoms with Crippen LogP contribution in [-0.4, -0.2) is 38.8 Å². The first-order valence-electron chi connectivity index (χ1n) is 8.35. The van der Waals surface area contributed by atoms with Crippen molar-refractivity contribution in [1.29, 1.82) is 0 Å². The van der Waals surface area contributed by atoms with Gasteiger partial charge in [-0.05, 0) is 46.6 Å². The van der Waals surface area contributed by atoms with Gasteiger partial charge in [-0.1, -0.05) is 6.07 Å². The van der Waals surface area contributed by atoms with E-state index in [-0.39, 0.29) is 18.2 Å². The number of carbonyl (C=O) groups excluding carboxylic acids is 1. The van der Waals surface area contributed by atoms with Gasteiger partial charge in [0.2, 0.25) is 0 Å². The molecule has 0 saturated carbocycles. The summed E-state index contributed by atoms with van der Waals surface area (Å²) in [6.07, 6.45) is 4.43. The van der Waals surface area contributed by atoms with Gasteiger partial charge in [-0.15, -0.1) is 0 Å². The first-order chi connectivity index (χ1) is 10.7. The van der Waals surface area contributed by atoms with Gasteiger partial charge in [-0.3, -0.25) is 4.98 Å². The zero-order valence-electron chi connectivity index (χ0n) is 14.4. The summed E-state index contributed by atoms with van der Waals surface area (Å²) in [5.41, 5.74) is 0.355. The SMILES string of the molecule is Cc1ncccc1C1(O)CC2CCC(C1)N2C(=O)OC(C)(C)C. The molecule has 3 rings (SSSR count). The molecule has 1 N–H and O–H groups in total. The van der Waals surface area contributed by atoms with Crippen LogP contribution in [0.2, 0.25) is 0 Å². The summed E-state index contributed by atoms with van der Waals surface area (Å²) in [4.78, 5) is 18.7. The average Bonchev–Trinajstić information content (AvgIpc) is 2.70. The van der Waals surface area contributed by atoms with Crippen molar-refractivity contribution in [3.05, 3.63) is 29.6 Å². The fourth-order valence-electron chi connectivity index (χ4n) is 4.03. The number of carbonyl (C=O) groups is 1. The summed E-state index contributed by atoms with van der Waals surface area (Å²) < 4.78 is 5.55. The minimum atomic E-state index is -0.900. The number of aromatic nitrogens is 1. The number of fused-ring (bicyclic) bond motifs is 2. The van der Waals surface area contributed by atoms with Crippen molar-refractivity contribution in [3.63, 3.8) is 0 Å². The number of rotatable bonds is 1. The third-order valence-corrected chi connectivity index (χ3v) is 4.88. The summed E-state index contributed by atoms with van der Waals surface area (Å²) in [6, 6.07) is 3.88. The molecule has 1 aromatic heterocycles. The number of hydrogen-bond acceptors (Lipinski definition) is 4. The van der Waals surface area contributed by atoms with E-state index in [1.165, 1.54) is 0 Å². The van der Waals surface area contributed by atoms with Gasteiger partial charge in [0.15, 0.2) is 0 Å².